The van der Waals surface area contributed by atoms with Crippen molar-refractivity contribution in [3.05, 3.63) is 158 Å². The molecule has 0 N–H and O–H groups in total. The molecule has 0 spiro atoms. The van der Waals surface area contributed by atoms with E-state index in [4.69, 9.17) is 17.7 Å². The van der Waals surface area contributed by atoms with Crippen molar-refractivity contribution in [1.29, 1.82) is 0 Å². The molecule has 0 bridgehead atoms. The fourth-order valence-electron chi connectivity index (χ4n) is 7.38. The summed E-state index contributed by atoms with van der Waals surface area (Å²) >= 11 is 0. The van der Waals surface area contributed by atoms with Crippen LogP contribution >= 0.6 is 0 Å². The third kappa shape index (κ3) is 4.25. The van der Waals surface area contributed by atoms with Crippen LogP contribution in [0.2, 0.25) is 0 Å². The summed E-state index contributed by atoms with van der Waals surface area (Å²) in [6, 6.07) is 54.4. The lowest BCUT2D eigenvalue weighted by Gasteiger charge is -2.12. The van der Waals surface area contributed by atoms with Gasteiger partial charge in [-0.3, -0.25) is 0 Å². The minimum absolute atomic E-state index is 0.798. The van der Waals surface area contributed by atoms with Gasteiger partial charge in [0, 0.05) is 43.8 Å². The highest BCUT2D eigenvalue weighted by atomic mass is 16.3. The van der Waals surface area contributed by atoms with Gasteiger partial charge in [-0.2, -0.15) is 0 Å². The standard InChI is InChI=1S/C46H26O4/c1-5-13-39-27(9-1)23-43(47-39)35-19-31-17-33-21-37(45-25-29-11-3-7-15-41(29)49-45)38(46-26-30-12-4-8-16-42(30)50-46)22-34(33)18-32(31)20-36(35)44-24-28-10-2-6-14-40(28)48-44/h1-26H. The average Bonchev–Trinajstić information content (AvgIpc) is 3.96. The molecule has 0 aliphatic heterocycles. The molecule has 0 fully saturated rings. The van der Waals surface area contributed by atoms with Crippen molar-refractivity contribution < 1.29 is 17.7 Å². The molecular weight excluding hydrogens is 617 g/mol. The van der Waals surface area contributed by atoms with Crippen LogP contribution in [-0.2, 0) is 0 Å². The third-order valence-corrected chi connectivity index (χ3v) is 9.83. The maximum atomic E-state index is 6.46. The topological polar surface area (TPSA) is 52.6 Å². The summed E-state index contributed by atoms with van der Waals surface area (Å²) in [7, 11) is 0. The van der Waals surface area contributed by atoms with Crippen molar-refractivity contribution >= 4 is 65.4 Å². The molecule has 0 amide bonds. The Labute approximate surface area is 285 Å². The Morgan fingerprint density at radius 2 is 0.460 bits per heavy atom. The largest absolute Gasteiger partial charge is 0.456 e. The molecule has 11 rings (SSSR count). The Morgan fingerprint density at radius 3 is 0.700 bits per heavy atom. The van der Waals surface area contributed by atoms with E-state index < -0.39 is 0 Å². The van der Waals surface area contributed by atoms with Gasteiger partial charge in [-0.15, -0.1) is 0 Å². The van der Waals surface area contributed by atoms with Crippen molar-refractivity contribution in [2.45, 2.75) is 0 Å². The number of benzene rings is 7. The minimum atomic E-state index is 0.798. The Balaban J connectivity index is 1.18. The van der Waals surface area contributed by atoms with E-state index in [0.717, 1.165) is 111 Å². The number of fused-ring (bicyclic) bond motifs is 6. The van der Waals surface area contributed by atoms with Crippen LogP contribution in [0.3, 0.4) is 0 Å². The molecule has 0 unspecified atom stereocenters. The van der Waals surface area contributed by atoms with Crippen molar-refractivity contribution in [2.24, 2.45) is 0 Å². The molecule has 234 valence electrons. The molecule has 0 saturated heterocycles. The Morgan fingerprint density at radius 1 is 0.220 bits per heavy atom. The van der Waals surface area contributed by atoms with Crippen LogP contribution in [0.25, 0.3) is 111 Å². The van der Waals surface area contributed by atoms with Gasteiger partial charge in [0.2, 0.25) is 0 Å². The Hall–Kier alpha value is -6.78. The minimum Gasteiger partial charge on any atom is -0.456 e. The number of hydrogen-bond donors (Lipinski definition) is 0. The van der Waals surface area contributed by atoms with E-state index in [1.54, 1.807) is 0 Å². The van der Waals surface area contributed by atoms with Gasteiger partial charge in [0.15, 0.2) is 0 Å². The summed E-state index contributed by atoms with van der Waals surface area (Å²) < 4.78 is 25.8. The zero-order valence-corrected chi connectivity index (χ0v) is 26.6. The molecule has 0 radical (unpaired) electrons. The van der Waals surface area contributed by atoms with Crippen LogP contribution in [0.5, 0.6) is 0 Å². The normalized spacial score (nSPS) is 12.0. The smallest absolute Gasteiger partial charge is 0.136 e. The predicted octanol–water partition coefficient (Wildman–Crippen LogP) is 13.6. The van der Waals surface area contributed by atoms with E-state index in [1.807, 2.05) is 72.8 Å². The zero-order valence-electron chi connectivity index (χ0n) is 26.6. The first-order valence-electron chi connectivity index (χ1n) is 16.7. The molecule has 0 aliphatic carbocycles. The van der Waals surface area contributed by atoms with Crippen LogP contribution in [0.15, 0.2) is 175 Å². The van der Waals surface area contributed by atoms with Crippen molar-refractivity contribution in [1.82, 2.24) is 0 Å². The van der Waals surface area contributed by atoms with Gasteiger partial charge < -0.3 is 17.7 Å². The molecule has 0 aliphatic rings. The third-order valence-electron chi connectivity index (χ3n) is 9.83. The molecule has 7 aromatic carbocycles. The van der Waals surface area contributed by atoms with Crippen molar-refractivity contribution in [2.75, 3.05) is 0 Å². The number of para-hydroxylation sites is 4. The fraction of sp³-hybridized carbons (Fsp3) is 0. The second kappa shape index (κ2) is 10.4. The van der Waals surface area contributed by atoms with Crippen LogP contribution in [0.4, 0.5) is 0 Å². The molecule has 50 heavy (non-hydrogen) atoms. The quantitative estimate of drug-likeness (QED) is 0.179. The van der Waals surface area contributed by atoms with E-state index in [1.165, 1.54) is 0 Å². The van der Waals surface area contributed by atoms with Gasteiger partial charge in [0.05, 0.1) is 0 Å². The highest BCUT2D eigenvalue weighted by molar-refractivity contribution is 6.07. The van der Waals surface area contributed by atoms with Gasteiger partial charge in [-0.05, 0) is 106 Å². The molecule has 4 heteroatoms. The van der Waals surface area contributed by atoms with Gasteiger partial charge in [0.1, 0.15) is 45.4 Å². The van der Waals surface area contributed by atoms with Gasteiger partial charge in [-0.25, -0.2) is 0 Å². The summed E-state index contributed by atoms with van der Waals surface area (Å²) in [6.07, 6.45) is 0. The lowest BCUT2D eigenvalue weighted by molar-refractivity contribution is 0.624. The highest BCUT2D eigenvalue weighted by Crippen LogP contribution is 2.44. The first-order valence-corrected chi connectivity index (χ1v) is 16.7. The Bertz CT molecular complexity index is 2560. The molecule has 11 aromatic rings. The summed E-state index contributed by atoms with van der Waals surface area (Å²) in [6.45, 7) is 0. The summed E-state index contributed by atoms with van der Waals surface area (Å²) in [5.41, 5.74) is 7.31. The van der Waals surface area contributed by atoms with E-state index >= 15 is 0 Å². The number of furan rings is 4. The first-order chi connectivity index (χ1) is 24.7. The monoisotopic (exact) mass is 642 g/mol. The first kappa shape index (κ1) is 27.2. The van der Waals surface area contributed by atoms with E-state index in [2.05, 4.69) is 84.9 Å². The number of rotatable bonds is 4. The summed E-state index contributed by atoms with van der Waals surface area (Å²) in [5, 5.41) is 8.63. The van der Waals surface area contributed by atoms with Crippen LogP contribution in [0, 0.1) is 0 Å². The SMILES string of the molecule is c1ccc2oc(-c3cc4cc5cc(-c6cc7ccccc7o6)c(-c6cc7ccccc7o6)cc5cc4cc3-c3cc4ccccc4o3)cc2c1. The molecular formula is C46H26O4. The predicted molar refractivity (Wildman–Crippen MR) is 202 cm³/mol. The maximum Gasteiger partial charge on any atom is 0.136 e. The zero-order chi connectivity index (χ0) is 32.8. The van der Waals surface area contributed by atoms with Crippen LogP contribution < -0.4 is 0 Å². The highest BCUT2D eigenvalue weighted by Gasteiger charge is 2.20. The maximum absolute atomic E-state index is 6.46. The second-order valence-electron chi connectivity index (χ2n) is 12.9. The summed E-state index contributed by atoms with van der Waals surface area (Å²) in [4.78, 5) is 0. The molecule has 4 nitrogen and oxygen atoms in total. The Kier molecular flexibility index (Phi) is 5.63. The molecule has 4 heterocycles. The second-order valence-corrected chi connectivity index (χ2v) is 12.9. The fourth-order valence-corrected chi connectivity index (χ4v) is 7.38. The van der Waals surface area contributed by atoms with Gasteiger partial charge in [0.25, 0.3) is 0 Å². The molecule has 0 saturated carbocycles. The van der Waals surface area contributed by atoms with E-state index in [-0.39, 0.29) is 0 Å². The van der Waals surface area contributed by atoms with Crippen LogP contribution in [0.1, 0.15) is 0 Å². The van der Waals surface area contributed by atoms with Crippen molar-refractivity contribution in [3.63, 3.8) is 0 Å². The number of hydrogen-bond acceptors (Lipinski definition) is 4. The molecule has 0 atom stereocenters. The lowest BCUT2D eigenvalue weighted by atomic mass is 9.92. The van der Waals surface area contributed by atoms with Crippen LogP contribution in [-0.4, -0.2) is 0 Å². The summed E-state index contributed by atoms with van der Waals surface area (Å²) in [5.74, 6) is 3.19. The van der Waals surface area contributed by atoms with Gasteiger partial charge >= 0.3 is 0 Å². The van der Waals surface area contributed by atoms with Gasteiger partial charge in [-0.1, -0.05) is 72.8 Å². The van der Waals surface area contributed by atoms with E-state index in [0.29, 0.717) is 0 Å². The lowest BCUT2D eigenvalue weighted by Crippen LogP contribution is -1.87. The van der Waals surface area contributed by atoms with E-state index in [9.17, 15) is 0 Å². The van der Waals surface area contributed by atoms with Crippen molar-refractivity contribution in [3.8, 4) is 45.3 Å². The average molecular weight is 643 g/mol. The molecule has 4 aromatic heterocycles.